The van der Waals surface area contributed by atoms with Gasteiger partial charge >= 0.3 is 0 Å². The molecule has 0 unspecified atom stereocenters. The van der Waals surface area contributed by atoms with Gasteiger partial charge < -0.3 is 0 Å². The Morgan fingerprint density at radius 2 is 1.83 bits per heavy atom. The first-order chi connectivity index (χ1) is 8.58. The summed E-state index contributed by atoms with van der Waals surface area (Å²) in [4.78, 5) is 12.0. The Morgan fingerprint density at radius 3 is 2.50 bits per heavy atom. The van der Waals surface area contributed by atoms with Gasteiger partial charge in [0.25, 0.3) is 0 Å². The van der Waals surface area contributed by atoms with Crippen molar-refractivity contribution >= 4 is 29.0 Å². The van der Waals surface area contributed by atoms with E-state index >= 15 is 0 Å². The molecule has 0 atom stereocenters. The zero-order chi connectivity index (χ0) is 13.1. The molecule has 0 fully saturated rings. The molecule has 0 aliphatic rings. The van der Waals surface area contributed by atoms with Crippen LogP contribution in [0.15, 0.2) is 42.5 Å². The Morgan fingerprint density at radius 1 is 1.11 bits per heavy atom. The number of halogens is 3. The van der Waals surface area contributed by atoms with Crippen molar-refractivity contribution in [2.45, 2.75) is 6.42 Å². The first-order valence-electron chi connectivity index (χ1n) is 5.29. The molecule has 0 aliphatic carbocycles. The highest BCUT2D eigenvalue weighted by Gasteiger charge is 2.13. The molecule has 0 saturated carbocycles. The van der Waals surface area contributed by atoms with Crippen molar-refractivity contribution in [1.29, 1.82) is 0 Å². The molecule has 92 valence electrons. The summed E-state index contributed by atoms with van der Waals surface area (Å²) in [5.74, 6) is -0.692. The van der Waals surface area contributed by atoms with Gasteiger partial charge in [0.05, 0.1) is 0 Å². The van der Waals surface area contributed by atoms with Crippen LogP contribution in [0.4, 0.5) is 4.39 Å². The molecule has 0 spiro atoms. The van der Waals surface area contributed by atoms with Crippen molar-refractivity contribution in [2.75, 3.05) is 0 Å². The summed E-state index contributed by atoms with van der Waals surface area (Å²) in [5.41, 5.74) is 0.658. The number of hydrogen-bond donors (Lipinski definition) is 0. The summed E-state index contributed by atoms with van der Waals surface area (Å²) < 4.78 is 13.5. The summed E-state index contributed by atoms with van der Waals surface area (Å²) >= 11 is 11.7. The number of Topliss-reactive ketones (excluding diaryl/α,β-unsaturated/α-hetero) is 1. The lowest BCUT2D eigenvalue weighted by atomic mass is 10.0. The third-order valence-corrected chi connectivity index (χ3v) is 3.13. The Balaban J connectivity index is 2.27. The molecule has 0 radical (unpaired) electrons. The zero-order valence-electron chi connectivity index (χ0n) is 9.29. The smallest absolute Gasteiger partial charge is 0.167 e. The average molecular weight is 283 g/mol. The van der Waals surface area contributed by atoms with Gasteiger partial charge in [-0.15, -0.1) is 0 Å². The van der Waals surface area contributed by atoms with Crippen LogP contribution in [-0.2, 0) is 6.42 Å². The van der Waals surface area contributed by atoms with Gasteiger partial charge in [0.15, 0.2) is 5.78 Å². The summed E-state index contributed by atoms with van der Waals surface area (Å²) in [7, 11) is 0. The van der Waals surface area contributed by atoms with Crippen LogP contribution >= 0.6 is 23.2 Å². The van der Waals surface area contributed by atoms with Gasteiger partial charge in [0.1, 0.15) is 5.82 Å². The molecule has 18 heavy (non-hydrogen) atoms. The predicted molar refractivity (Wildman–Crippen MR) is 70.9 cm³/mol. The molecule has 0 amide bonds. The van der Waals surface area contributed by atoms with Crippen LogP contribution in [0.25, 0.3) is 0 Å². The van der Waals surface area contributed by atoms with E-state index in [9.17, 15) is 9.18 Å². The van der Waals surface area contributed by atoms with E-state index in [0.29, 0.717) is 10.6 Å². The molecule has 4 heteroatoms. The van der Waals surface area contributed by atoms with Gasteiger partial charge in [-0.2, -0.15) is 0 Å². The fourth-order valence-electron chi connectivity index (χ4n) is 1.63. The van der Waals surface area contributed by atoms with E-state index in [1.807, 2.05) is 0 Å². The number of rotatable bonds is 3. The fourth-order valence-corrected chi connectivity index (χ4v) is 2.05. The highest BCUT2D eigenvalue weighted by atomic mass is 35.5. The van der Waals surface area contributed by atoms with Crippen molar-refractivity contribution in [2.24, 2.45) is 0 Å². The van der Waals surface area contributed by atoms with E-state index in [-0.39, 0.29) is 22.8 Å². The number of benzene rings is 2. The van der Waals surface area contributed by atoms with Gasteiger partial charge in [-0.05, 0) is 24.3 Å². The molecule has 0 saturated heterocycles. The maximum Gasteiger partial charge on any atom is 0.167 e. The lowest BCUT2D eigenvalue weighted by Crippen LogP contribution is -2.05. The SMILES string of the molecule is O=C(Cc1c(F)cccc1Cl)c1cccc(Cl)c1. The lowest BCUT2D eigenvalue weighted by molar-refractivity contribution is 0.0992. The van der Waals surface area contributed by atoms with Gasteiger partial charge in [-0.3, -0.25) is 4.79 Å². The van der Waals surface area contributed by atoms with Gasteiger partial charge in [0.2, 0.25) is 0 Å². The second-order valence-electron chi connectivity index (χ2n) is 3.81. The van der Waals surface area contributed by atoms with Crippen LogP contribution in [0.2, 0.25) is 10.0 Å². The van der Waals surface area contributed by atoms with E-state index in [0.717, 1.165) is 0 Å². The van der Waals surface area contributed by atoms with E-state index in [1.165, 1.54) is 12.1 Å². The highest BCUT2D eigenvalue weighted by Crippen LogP contribution is 2.21. The summed E-state index contributed by atoms with van der Waals surface area (Å²) in [6.45, 7) is 0. The minimum atomic E-state index is -0.474. The Bertz CT molecular complexity index is 576. The zero-order valence-corrected chi connectivity index (χ0v) is 10.8. The Kier molecular flexibility index (Phi) is 4.00. The minimum absolute atomic E-state index is 0.0775. The van der Waals surface area contributed by atoms with Crippen LogP contribution in [0.1, 0.15) is 15.9 Å². The van der Waals surface area contributed by atoms with Crippen molar-refractivity contribution in [3.05, 3.63) is 69.5 Å². The number of ketones is 1. The Hall–Kier alpha value is -1.38. The molecule has 1 nitrogen and oxygen atoms in total. The van der Waals surface area contributed by atoms with Gasteiger partial charge in [-0.1, -0.05) is 41.4 Å². The normalized spacial score (nSPS) is 10.4. The van der Waals surface area contributed by atoms with Crippen LogP contribution < -0.4 is 0 Å². The third kappa shape index (κ3) is 2.89. The topological polar surface area (TPSA) is 17.1 Å². The average Bonchev–Trinajstić information content (AvgIpc) is 2.34. The first-order valence-corrected chi connectivity index (χ1v) is 6.05. The standard InChI is InChI=1S/C14H9Cl2FO/c15-10-4-1-3-9(7-10)14(18)8-11-12(16)5-2-6-13(11)17/h1-7H,8H2. The van der Waals surface area contributed by atoms with Gasteiger partial charge in [0, 0.05) is 27.6 Å². The summed E-state index contributed by atoms with van der Waals surface area (Å²) in [6.07, 6.45) is -0.0775. The van der Waals surface area contributed by atoms with Crippen LogP contribution in [0.5, 0.6) is 0 Å². The van der Waals surface area contributed by atoms with E-state index in [2.05, 4.69) is 0 Å². The quantitative estimate of drug-likeness (QED) is 0.755. The molecule has 0 N–H and O–H groups in total. The lowest BCUT2D eigenvalue weighted by Gasteiger charge is -2.05. The van der Waals surface area contributed by atoms with E-state index in [4.69, 9.17) is 23.2 Å². The second kappa shape index (κ2) is 5.51. The fraction of sp³-hybridized carbons (Fsp3) is 0.0714. The number of carbonyl (C=O) groups is 1. The van der Waals surface area contributed by atoms with Crippen molar-refractivity contribution in [3.63, 3.8) is 0 Å². The molecule has 0 aliphatic heterocycles. The van der Waals surface area contributed by atoms with Crippen molar-refractivity contribution in [1.82, 2.24) is 0 Å². The monoisotopic (exact) mass is 282 g/mol. The molecular weight excluding hydrogens is 274 g/mol. The van der Waals surface area contributed by atoms with Crippen LogP contribution in [0.3, 0.4) is 0 Å². The van der Waals surface area contributed by atoms with Gasteiger partial charge in [-0.25, -0.2) is 4.39 Å². The molecule has 2 rings (SSSR count). The molecule has 2 aromatic rings. The van der Waals surface area contributed by atoms with E-state index in [1.54, 1.807) is 30.3 Å². The van der Waals surface area contributed by atoms with Crippen molar-refractivity contribution in [3.8, 4) is 0 Å². The minimum Gasteiger partial charge on any atom is -0.294 e. The largest absolute Gasteiger partial charge is 0.294 e. The summed E-state index contributed by atoms with van der Waals surface area (Å²) in [5, 5.41) is 0.728. The van der Waals surface area contributed by atoms with Crippen molar-refractivity contribution < 1.29 is 9.18 Å². The second-order valence-corrected chi connectivity index (χ2v) is 4.65. The predicted octanol–water partition coefficient (Wildman–Crippen LogP) is 4.56. The maximum absolute atomic E-state index is 13.5. The highest BCUT2D eigenvalue weighted by molar-refractivity contribution is 6.32. The third-order valence-electron chi connectivity index (χ3n) is 2.55. The molecule has 0 aromatic heterocycles. The van der Waals surface area contributed by atoms with E-state index < -0.39 is 5.82 Å². The maximum atomic E-state index is 13.5. The van der Waals surface area contributed by atoms with Crippen LogP contribution in [0, 0.1) is 5.82 Å². The number of hydrogen-bond acceptors (Lipinski definition) is 1. The van der Waals surface area contributed by atoms with Crippen LogP contribution in [-0.4, -0.2) is 5.78 Å². The summed E-state index contributed by atoms with van der Waals surface area (Å²) in [6, 6.07) is 10.9. The molecule has 2 aromatic carbocycles. The Labute approximate surface area is 114 Å². The molecule has 0 bridgehead atoms. The number of carbonyl (C=O) groups excluding carboxylic acids is 1. The molecular formula is C14H9Cl2FO. The molecule has 0 heterocycles. The first kappa shape index (κ1) is 13.1.